The molecule has 0 saturated carbocycles. The first-order valence-corrected chi connectivity index (χ1v) is 5.58. The Morgan fingerprint density at radius 1 is 0.938 bits per heavy atom. The number of rotatable bonds is 1. The lowest BCUT2D eigenvalue weighted by Gasteiger charge is -2.09. The molecule has 0 aliphatic heterocycles. The smallest absolute Gasteiger partial charge is 0.0824 e. The number of pyridine rings is 1. The first kappa shape index (κ1) is 11.5. The van der Waals surface area contributed by atoms with E-state index in [1.807, 2.05) is 6.07 Å². The number of benzene rings is 1. The Labute approximate surface area is 108 Å². The van der Waals surface area contributed by atoms with Crippen LogP contribution in [0.5, 0.6) is 0 Å². The van der Waals surface area contributed by atoms with Crippen molar-refractivity contribution in [2.24, 2.45) is 0 Å². The standard InChI is InChI=1S/C11H7Cl3N2/c12-8-3-1-2-6(10(8)14)7-4-16-5-9(13)11(7)15/h1-5H,(H2,15,16). The van der Waals surface area contributed by atoms with E-state index in [4.69, 9.17) is 40.5 Å². The van der Waals surface area contributed by atoms with Crippen LogP contribution in [-0.4, -0.2) is 4.98 Å². The maximum absolute atomic E-state index is 6.09. The molecule has 2 rings (SSSR count). The van der Waals surface area contributed by atoms with E-state index in [-0.39, 0.29) is 0 Å². The van der Waals surface area contributed by atoms with Crippen LogP contribution in [0, 0.1) is 0 Å². The average molecular weight is 274 g/mol. The number of nitrogens with two attached hydrogens (primary N) is 1. The zero-order chi connectivity index (χ0) is 11.7. The summed E-state index contributed by atoms with van der Waals surface area (Å²) in [5, 5.41) is 1.31. The molecule has 1 heterocycles. The summed E-state index contributed by atoms with van der Waals surface area (Å²) in [5.41, 5.74) is 7.71. The third-order valence-electron chi connectivity index (χ3n) is 2.18. The van der Waals surface area contributed by atoms with Crippen LogP contribution in [0.2, 0.25) is 15.1 Å². The summed E-state index contributed by atoms with van der Waals surface area (Å²) < 4.78 is 0. The van der Waals surface area contributed by atoms with E-state index >= 15 is 0 Å². The van der Waals surface area contributed by atoms with Gasteiger partial charge in [-0.25, -0.2) is 0 Å². The van der Waals surface area contributed by atoms with Crippen molar-refractivity contribution in [2.45, 2.75) is 0 Å². The Morgan fingerprint density at radius 3 is 2.44 bits per heavy atom. The third kappa shape index (κ3) is 1.96. The lowest BCUT2D eigenvalue weighted by Crippen LogP contribution is -1.93. The van der Waals surface area contributed by atoms with Gasteiger partial charge < -0.3 is 5.73 Å². The number of hydrogen-bond donors (Lipinski definition) is 1. The van der Waals surface area contributed by atoms with Gasteiger partial charge in [0.15, 0.2) is 0 Å². The van der Waals surface area contributed by atoms with Gasteiger partial charge >= 0.3 is 0 Å². The molecular weight excluding hydrogens is 266 g/mol. The summed E-state index contributed by atoms with van der Waals surface area (Å²) in [7, 11) is 0. The molecule has 0 aliphatic carbocycles. The molecule has 0 atom stereocenters. The second-order valence-corrected chi connectivity index (χ2v) is 4.38. The predicted octanol–water partition coefficient (Wildman–Crippen LogP) is 4.29. The number of nitrogens with zero attached hydrogens (tertiary/aromatic N) is 1. The fourth-order valence-corrected chi connectivity index (χ4v) is 1.93. The molecule has 16 heavy (non-hydrogen) atoms. The van der Waals surface area contributed by atoms with Crippen LogP contribution in [0.3, 0.4) is 0 Å². The molecule has 0 fully saturated rings. The molecule has 0 aliphatic rings. The van der Waals surface area contributed by atoms with Crippen LogP contribution in [0.4, 0.5) is 5.69 Å². The van der Waals surface area contributed by atoms with E-state index in [0.717, 1.165) is 5.56 Å². The van der Waals surface area contributed by atoms with Crippen molar-refractivity contribution in [2.75, 3.05) is 5.73 Å². The number of hydrogen-bond acceptors (Lipinski definition) is 2. The topological polar surface area (TPSA) is 38.9 Å². The molecule has 0 radical (unpaired) electrons. The van der Waals surface area contributed by atoms with E-state index in [2.05, 4.69) is 4.98 Å². The quantitative estimate of drug-likeness (QED) is 0.842. The summed E-state index contributed by atoms with van der Waals surface area (Å²) in [6.07, 6.45) is 3.09. The molecule has 0 amide bonds. The fourth-order valence-electron chi connectivity index (χ4n) is 1.37. The maximum Gasteiger partial charge on any atom is 0.0824 e. The van der Waals surface area contributed by atoms with Crippen LogP contribution in [0.1, 0.15) is 0 Å². The molecule has 0 unspecified atom stereocenters. The van der Waals surface area contributed by atoms with Crippen LogP contribution in [-0.2, 0) is 0 Å². The van der Waals surface area contributed by atoms with Crippen LogP contribution in [0.25, 0.3) is 11.1 Å². The Balaban J connectivity index is 2.68. The van der Waals surface area contributed by atoms with E-state index in [1.165, 1.54) is 6.20 Å². The minimum Gasteiger partial charge on any atom is -0.397 e. The predicted molar refractivity (Wildman–Crippen MR) is 69.1 cm³/mol. The van der Waals surface area contributed by atoms with Gasteiger partial charge in [-0.15, -0.1) is 0 Å². The Kier molecular flexibility index (Phi) is 3.24. The molecule has 5 heteroatoms. The van der Waals surface area contributed by atoms with Crippen molar-refractivity contribution in [3.8, 4) is 11.1 Å². The van der Waals surface area contributed by atoms with Crippen molar-refractivity contribution < 1.29 is 0 Å². The SMILES string of the molecule is Nc1c(Cl)cncc1-c1cccc(Cl)c1Cl. The monoisotopic (exact) mass is 272 g/mol. The average Bonchev–Trinajstić information content (AvgIpc) is 2.27. The zero-order valence-electron chi connectivity index (χ0n) is 8.05. The van der Waals surface area contributed by atoms with Crippen molar-refractivity contribution in [1.29, 1.82) is 0 Å². The van der Waals surface area contributed by atoms with E-state index < -0.39 is 0 Å². The summed E-state index contributed by atoms with van der Waals surface area (Å²) in [6.45, 7) is 0. The summed E-state index contributed by atoms with van der Waals surface area (Å²) >= 11 is 17.9. The second-order valence-electron chi connectivity index (χ2n) is 3.18. The van der Waals surface area contributed by atoms with Gasteiger partial charge in [0.2, 0.25) is 0 Å². The molecule has 0 bridgehead atoms. The Morgan fingerprint density at radius 2 is 1.69 bits per heavy atom. The van der Waals surface area contributed by atoms with Gasteiger partial charge in [0.25, 0.3) is 0 Å². The largest absolute Gasteiger partial charge is 0.397 e. The maximum atomic E-state index is 6.09. The minimum atomic E-state index is 0.397. The highest BCUT2D eigenvalue weighted by molar-refractivity contribution is 6.44. The summed E-state index contributed by atoms with van der Waals surface area (Å²) in [5.74, 6) is 0. The molecule has 82 valence electrons. The van der Waals surface area contributed by atoms with Crippen LogP contribution < -0.4 is 5.73 Å². The number of anilines is 1. The van der Waals surface area contributed by atoms with Crippen LogP contribution in [0.15, 0.2) is 30.6 Å². The first-order chi connectivity index (χ1) is 7.61. The molecule has 2 aromatic rings. The van der Waals surface area contributed by atoms with E-state index in [0.29, 0.717) is 26.3 Å². The normalized spacial score (nSPS) is 10.4. The molecule has 2 nitrogen and oxygen atoms in total. The summed E-state index contributed by atoms with van der Waals surface area (Å²) in [4.78, 5) is 3.98. The minimum absolute atomic E-state index is 0.397. The second kappa shape index (κ2) is 4.50. The van der Waals surface area contributed by atoms with Gasteiger partial charge in [0.05, 0.1) is 20.8 Å². The Bertz CT molecular complexity index is 491. The van der Waals surface area contributed by atoms with Crippen LogP contribution >= 0.6 is 34.8 Å². The fraction of sp³-hybridized carbons (Fsp3) is 0. The third-order valence-corrected chi connectivity index (χ3v) is 3.30. The van der Waals surface area contributed by atoms with Crippen molar-refractivity contribution in [3.05, 3.63) is 45.7 Å². The van der Waals surface area contributed by atoms with Gasteiger partial charge in [0, 0.05) is 23.5 Å². The molecule has 1 aromatic carbocycles. The van der Waals surface area contributed by atoms with Gasteiger partial charge in [-0.1, -0.05) is 46.9 Å². The number of aromatic nitrogens is 1. The summed E-state index contributed by atoms with van der Waals surface area (Å²) in [6, 6.07) is 5.32. The zero-order valence-corrected chi connectivity index (χ0v) is 10.3. The van der Waals surface area contributed by atoms with Crippen molar-refractivity contribution in [3.63, 3.8) is 0 Å². The molecule has 0 spiro atoms. The Hall–Kier alpha value is -0.960. The highest BCUT2D eigenvalue weighted by Crippen LogP contribution is 2.37. The van der Waals surface area contributed by atoms with Gasteiger partial charge in [-0.2, -0.15) is 0 Å². The van der Waals surface area contributed by atoms with Gasteiger partial charge in [-0.3, -0.25) is 4.98 Å². The highest BCUT2D eigenvalue weighted by atomic mass is 35.5. The number of halogens is 3. The van der Waals surface area contributed by atoms with E-state index in [1.54, 1.807) is 18.3 Å². The lowest BCUT2D eigenvalue weighted by molar-refractivity contribution is 1.33. The number of nitrogen functional groups attached to an aromatic ring is 1. The van der Waals surface area contributed by atoms with Gasteiger partial charge in [0.1, 0.15) is 0 Å². The molecule has 0 saturated heterocycles. The van der Waals surface area contributed by atoms with Gasteiger partial charge in [-0.05, 0) is 6.07 Å². The van der Waals surface area contributed by atoms with Crippen molar-refractivity contribution >= 4 is 40.5 Å². The lowest BCUT2D eigenvalue weighted by atomic mass is 10.1. The first-order valence-electron chi connectivity index (χ1n) is 4.44. The highest BCUT2D eigenvalue weighted by Gasteiger charge is 2.11. The van der Waals surface area contributed by atoms with E-state index in [9.17, 15) is 0 Å². The molecule has 2 N–H and O–H groups in total. The molecule has 1 aromatic heterocycles. The molecular formula is C11H7Cl3N2. The van der Waals surface area contributed by atoms with Crippen molar-refractivity contribution in [1.82, 2.24) is 4.98 Å².